The topological polar surface area (TPSA) is 20.2 Å². The second-order valence-corrected chi connectivity index (χ2v) is 13.4. The van der Waals surface area contributed by atoms with E-state index in [1.54, 1.807) is 21.9 Å². The second kappa shape index (κ2) is 10.4. The van der Waals surface area contributed by atoms with E-state index < -0.39 is 32.0 Å². The van der Waals surface area contributed by atoms with Gasteiger partial charge in [-0.05, 0) is 0 Å². The summed E-state index contributed by atoms with van der Waals surface area (Å²) in [5, 5.41) is 10.9. The largest absolute Gasteiger partial charge is 1.00 e. The summed E-state index contributed by atoms with van der Waals surface area (Å²) in [6.45, 7) is 7.58. The van der Waals surface area contributed by atoms with Crippen molar-refractivity contribution in [3.63, 3.8) is 0 Å². The average Bonchev–Trinajstić information content (AvgIpc) is 3.07. The third kappa shape index (κ3) is 5.08. The fourth-order valence-corrected chi connectivity index (χ4v) is 12.3. The minimum atomic E-state index is -0.796. The van der Waals surface area contributed by atoms with Gasteiger partial charge in [0, 0.05) is 0 Å². The monoisotopic (exact) mass is 470 g/mol. The smallest absolute Gasteiger partial charge is 1.00 e. The van der Waals surface area contributed by atoms with Crippen LogP contribution in [0.4, 0.5) is 0 Å². The molecule has 0 bridgehead atoms. The molecule has 0 spiro atoms. The molecule has 1 aromatic carbocycles. The molecular formula is C20H26Cl2OSiZr. The van der Waals surface area contributed by atoms with E-state index in [1.165, 1.54) is 12.0 Å². The van der Waals surface area contributed by atoms with Crippen LogP contribution in [-0.4, -0.2) is 20.5 Å². The molecule has 5 heteroatoms. The van der Waals surface area contributed by atoms with Crippen molar-refractivity contribution in [3.05, 3.63) is 61.1 Å². The maximum atomic E-state index is 9.16. The van der Waals surface area contributed by atoms with E-state index in [2.05, 4.69) is 56.4 Å². The van der Waals surface area contributed by atoms with Crippen molar-refractivity contribution in [1.82, 2.24) is 0 Å². The number of hydrogen-bond acceptors (Lipinski definition) is 1. The quantitative estimate of drug-likeness (QED) is 0.506. The first-order chi connectivity index (χ1) is 11.1. The number of fused-ring (bicyclic) bond motifs is 1. The van der Waals surface area contributed by atoms with Crippen LogP contribution in [-0.2, 0) is 23.2 Å². The molecule has 0 fully saturated rings. The molecule has 1 N–H and O–H groups in total. The summed E-state index contributed by atoms with van der Waals surface area (Å²) in [7, 11) is -0.796. The standard InChI is InChI=1S/C10H17OSi.C10H9.2ClH.Zr/c1-12(2)10-7-3-5-9(10)6-4-8-11;1-8-6-9-4-2-3-5-10(9)7-8;;;/h5,11-12H,3-4,6,8H2,1-2H3;2-7H,1H3;2*1H;/q;;;;+2/p-2. The third-order valence-corrected chi connectivity index (χ3v) is 12.1. The summed E-state index contributed by atoms with van der Waals surface area (Å²) in [6, 6.07) is 8.97. The summed E-state index contributed by atoms with van der Waals surface area (Å²) in [6.07, 6.45) is 8.09. The van der Waals surface area contributed by atoms with Gasteiger partial charge < -0.3 is 24.8 Å². The Hall–Kier alpha value is 0.0800. The summed E-state index contributed by atoms with van der Waals surface area (Å²) < 4.78 is 2.58. The summed E-state index contributed by atoms with van der Waals surface area (Å²) >= 11 is -0.638. The molecule has 0 heterocycles. The Morgan fingerprint density at radius 2 is 1.92 bits per heavy atom. The molecule has 3 rings (SSSR count). The van der Waals surface area contributed by atoms with E-state index >= 15 is 0 Å². The minimum Gasteiger partial charge on any atom is -1.00 e. The Kier molecular flexibility index (Phi) is 9.64. The number of halogens is 2. The molecule has 1 unspecified atom stereocenters. The third-order valence-electron chi connectivity index (χ3n) is 4.87. The van der Waals surface area contributed by atoms with Crippen LogP contribution >= 0.6 is 0 Å². The van der Waals surface area contributed by atoms with Gasteiger partial charge >= 0.3 is 154 Å². The van der Waals surface area contributed by atoms with Crippen LogP contribution in [0.15, 0.2) is 50.0 Å². The second-order valence-electron chi connectivity index (χ2n) is 6.90. The Balaban J connectivity index is 0.00000156. The molecule has 2 aliphatic rings. The Morgan fingerprint density at radius 3 is 2.60 bits per heavy atom. The van der Waals surface area contributed by atoms with E-state index in [0.717, 1.165) is 16.5 Å². The van der Waals surface area contributed by atoms with Crippen LogP contribution in [0.5, 0.6) is 0 Å². The summed E-state index contributed by atoms with van der Waals surface area (Å²) in [4.78, 5) is 0. The number of aliphatic hydroxyl groups excluding tert-OH is 1. The van der Waals surface area contributed by atoms with Crippen LogP contribution in [0, 0.1) is 0 Å². The van der Waals surface area contributed by atoms with Crippen LogP contribution in [0.25, 0.3) is 6.08 Å². The molecule has 0 aromatic heterocycles. The Morgan fingerprint density at radius 1 is 1.20 bits per heavy atom. The molecule has 0 saturated carbocycles. The normalized spacial score (nSPS) is 18.2. The molecule has 134 valence electrons. The maximum absolute atomic E-state index is 9.16. The number of rotatable bonds is 6. The number of benzene rings is 1. The predicted molar refractivity (Wildman–Crippen MR) is 97.8 cm³/mol. The molecule has 0 aliphatic heterocycles. The number of aliphatic hydroxyl groups is 1. The van der Waals surface area contributed by atoms with Gasteiger partial charge in [0.05, 0.1) is 0 Å². The summed E-state index contributed by atoms with van der Waals surface area (Å²) in [5.74, 6) is 0. The van der Waals surface area contributed by atoms with Crippen molar-refractivity contribution in [2.24, 2.45) is 0 Å². The predicted octanol–water partition coefficient (Wildman–Crippen LogP) is -1.38. The van der Waals surface area contributed by atoms with Gasteiger partial charge in [-0.15, -0.1) is 0 Å². The van der Waals surface area contributed by atoms with Gasteiger partial charge in [0.2, 0.25) is 0 Å². The molecular weight excluding hydrogens is 446 g/mol. The Bertz CT molecular complexity index is 695. The minimum absolute atomic E-state index is 0. The fourth-order valence-electron chi connectivity index (χ4n) is 3.85. The Labute approximate surface area is 177 Å². The van der Waals surface area contributed by atoms with Crippen LogP contribution in [0.3, 0.4) is 0 Å². The molecule has 1 atom stereocenters. The van der Waals surface area contributed by atoms with Crippen LogP contribution in [0.2, 0.25) is 13.1 Å². The van der Waals surface area contributed by atoms with Crippen molar-refractivity contribution in [3.8, 4) is 0 Å². The average molecular weight is 473 g/mol. The van der Waals surface area contributed by atoms with Crippen LogP contribution in [0.1, 0.15) is 40.9 Å². The maximum Gasteiger partial charge on any atom is -1.00 e. The first kappa shape index (κ1) is 23.1. The zero-order chi connectivity index (χ0) is 16.4. The summed E-state index contributed by atoms with van der Waals surface area (Å²) in [5.41, 5.74) is 6.20. The van der Waals surface area contributed by atoms with Gasteiger partial charge in [0.25, 0.3) is 0 Å². The first-order valence-corrected chi connectivity index (χ1v) is 14.2. The zero-order valence-electron chi connectivity index (χ0n) is 15.2. The zero-order valence-corrected chi connectivity index (χ0v) is 20.3. The van der Waals surface area contributed by atoms with E-state index in [0.29, 0.717) is 6.61 Å². The van der Waals surface area contributed by atoms with E-state index in [-0.39, 0.29) is 24.8 Å². The molecule has 0 saturated heterocycles. The van der Waals surface area contributed by atoms with E-state index in [9.17, 15) is 0 Å². The van der Waals surface area contributed by atoms with Crippen LogP contribution < -0.4 is 24.8 Å². The van der Waals surface area contributed by atoms with Gasteiger partial charge in [-0.3, -0.25) is 0 Å². The van der Waals surface area contributed by atoms with Crippen molar-refractivity contribution in [2.75, 3.05) is 6.61 Å². The van der Waals surface area contributed by atoms with Crippen molar-refractivity contribution in [1.29, 1.82) is 0 Å². The molecule has 1 nitrogen and oxygen atoms in total. The molecule has 25 heavy (non-hydrogen) atoms. The van der Waals surface area contributed by atoms with Crippen molar-refractivity contribution in [2.45, 2.75) is 42.9 Å². The van der Waals surface area contributed by atoms with Gasteiger partial charge in [0.1, 0.15) is 0 Å². The fraction of sp³-hybridized carbons (Fsp3) is 0.400. The van der Waals surface area contributed by atoms with E-state index in [4.69, 9.17) is 5.11 Å². The van der Waals surface area contributed by atoms with Crippen molar-refractivity contribution >= 4 is 14.9 Å². The molecule has 2 aliphatic carbocycles. The van der Waals surface area contributed by atoms with E-state index in [1.807, 2.05) is 3.28 Å². The molecule has 0 radical (unpaired) electrons. The number of hydrogen-bond donors (Lipinski definition) is 1. The number of allylic oxidation sites excluding steroid dienone is 5. The molecule has 1 aromatic rings. The molecule has 0 amide bonds. The van der Waals surface area contributed by atoms with Gasteiger partial charge in [0.15, 0.2) is 0 Å². The van der Waals surface area contributed by atoms with Gasteiger partial charge in [-0.2, -0.15) is 0 Å². The van der Waals surface area contributed by atoms with Gasteiger partial charge in [-0.25, -0.2) is 0 Å². The van der Waals surface area contributed by atoms with Gasteiger partial charge in [-0.1, -0.05) is 0 Å². The SMILES string of the molecule is CC1=Cc2ccccc2[CH]1[Zr+2][C]1=C([SiH](C)C)C(CCCO)=CC1.[Cl-].[Cl-]. The van der Waals surface area contributed by atoms with Crippen molar-refractivity contribution < 1.29 is 53.2 Å². The first-order valence-electron chi connectivity index (χ1n) is 8.68.